The van der Waals surface area contributed by atoms with Crippen LogP contribution in [0.2, 0.25) is 0 Å². The Hall–Kier alpha value is -1.33. The minimum absolute atomic E-state index is 0.400. The second-order valence-corrected chi connectivity index (χ2v) is 7.56. The number of hydrogen-bond acceptors (Lipinski definition) is 1. The molecular weight excluding hydrogens is 227 g/mol. The number of benzene rings is 2. The first-order valence-corrected chi connectivity index (χ1v) is 7.85. The van der Waals surface area contributed by atoms with E-state index in [1.807, 2.05) is 48.5 Å². The summed E-state index contributed by atoms with van der Waals surface area (Å²) in [5.74, 6) is 0.400. The maximum absolute atomic E-state index is 13.2. The van der Waals surface area contributed by atoms with Crippen LogP contribution < -0.4 is 10.6 Å². The largest absolute Gasteiger partial charge is 0.314 e. The van der Waals surface area contributed by atoms with Crippen LogP contribution in [0.4, 0.5) is 0 Å². The Morgan fingerprint density at radius 2 is 1.65 bits per heavy atom. The van der Waals surface area contributed by atoms with E-state index in [0.29, 0.717) is 5.92 Å². The fraction of sp³-hybridized carbons (Fsp3) is 0.200. The third-order valence-corrected chi connectivity index (χ3v) is 6.94. The molecule has 1 nitrogen and oxygen atoms in total. The third kappa shape index (κ3) is 1.57. The van der Waals surface area contributed by atoms with Gasteiger partial charge in [0, 0.05) is 16.8 Å². The smallest absolute Gasteiger partial charge is 0.144 e. The Morgan fingerprint density at radius 1 is 1.00 bits per heavy atom. The van der Waals surface area contributed by atoms with Crippen LogP contribution in [0.1, 0.15) is 18.4 Å². The van der Waals surface area contributed by atoms with Crippen LogP contribution in [0.5, 0.6) is 0 Å². The van der Waals surface area contributed by atoms with Crippen molar-refractivity contribution in [2.75, 3.05) is 6.16 Å². The lowest BCUT2D eigenvalue weighted by Crippen LogP contribution is -2.14. The molecule has 0 fully saturated rings. The summed E-state index contributed by atoms with van der Waals surface area (Å²) in [4.78, 5) is 0. The Kier molecular flexibility index (Phi) is 2.45. The van der Waals surface area contributed by atoms with E-state index in [1.54, 1.807) is 0 Å². The zero-order chi connectivity index (χ0) is 11.9. The second-order valence-electron chi connectivity index (χ2n) is 4.72. The summed E-state index contributed by atoms with van der Waals surface area (Å²) in [6, 6.07) is 18.1. The van der Waals surface area contributed by atoms with E-state index in [9.17, 15) is 4.57 Å². The minimum Gasteiger partial charge on any atom is -0.314 e. The lowest BCUT2D eigenvalue weighted by molar-refractivity contribution is 0.586. The van der Waals surface area contributed by atoms with Crippen LogP contribution in [0.3, 0.4) is 0 Å². The van der Waals surface area contributed by atoms with Crippen molar-refractivity contribution in [1.29, 1.82) is 0 Å². The van der Waals surface area contributed by atoms with Gasteiger partial charge in [0.15, 0.2) is 0 Å². The standard InChI is InChI=1S/C15H15OP/c1-12-11-17(16,13-7-3-2-4-8-13)15-10-6-5-9-14(12)15/h2-10,12H,11H2,1H3/t12-,17+/m1/s1. The van der Waals surface area contributed by atoms with Crippen molar-refractivity contribution in [3.63, 3.8) is 0 Å². The highest BCUT2D eigenvalue weighted by atomic mass is 31.2. The van der Waals surface area contributed by atoms with E-state index >= 15 is 0 Å². The van der Waals surface area contributed by atoms with Gasteiger partial charge in [0.2, 0.25) is 0 Å². The van der Waals surface area contributed by atoms with Crippen molar-refractivity contribution >= 4 is 17.8 Å². The molecule has 0 saturated carbocycles. The molecule has 0 unspecified atom stereocenters. The van der Waals surface area contributed by atoms with Crippen molar-refractivity contribution in [3.8, 4) is 0 Å². The van der Waals surface area contributed by atoms with Gasteiger partial charge in [0.05, 0.1) is 0 Å². The van der Waals surface area contributed by atoms with Gasteiger partial charge in [-0.3, -0.25) is 0 Å². The van der Waals surface area contributed by atoms with Crippen molar-refractivity contribution in [2.45, 2.75) is 12.8 Å². The molecule has 86 valence electrons. The third-order valence-electron chi connectivity index (χ3n) is 3.56. The molecule has 1 aliphatic rings. The zero-order valence-corrected chi connectivity index (χ0v) is 10.7. The summed E-state index contributed by atoms with van der Waals surface area (Å²) in [5.41, 5.74) is 1.26. The van der Waals surface area contributed by atoms with Crippen LogP contribution in [-0.4, -0.2) is 6.16 Å². The van der Waals surface area contributed by atoms with E-state index in [0.717, 1.165) is 16.8 Å². The van der Waals surface area contributed by atoms with Gasteiger partial charge < -0.3 is 4.57 Å². The monoisotopic (exact) mass is 242 g/mol. The highest BCUT2D eigenvalue weighted by Gasteiger charge is 2.38. The van der Waals surface area contributed by atoms with Gasteiger partial charge in [-0.15, -0.1) is 0 Å². The topological polar surface area (TPSA) is 17.1 Å². The Labute approximate surface area is 102 Å². The lowest BCUT2D eigenvalue weighted by Gasteiger charge is -2.13. The molecule has 0 aromatic heterocycles. The molecule has 0 aliphatic carbocycles. The Balaban J connectivity index is 2.22. The van der Waals surface area contributed by atoms with E-state index < -0.39 is 7.14 Å². The number of hydrogen-bond donors (Lipinski definition) is 0. The average molecular weight is 242 g/mol. The summed E-state index contributed by atoms with van der Waals surface area (Å²) >= 11 is 0. The molecule has 17 heavy (non-hydrogen) atoms. The van der Waals surface area contributed by atoms with Crippen molar-refractivity contribution < 1.29 is 4.57 Å². The number of fused-ring (bicyclic) bond motifs is 1. The molecule has 0 spiro atoms. The molecule has 0 bridgehead atoms. The predicted molar refractivity (Wildman–Crippen MR) is 73.0 cm³/mol. The molecule has 0 amide bonds. The van der Waals surface area contributed by atoms with E-state index in [1.165, 1.54) is 5.56 Å². The van der Waals surface area contributed by atoms with E-state index in [2.05, 4.69) is 13.0 Å². The molecule has 1 heterocycles. The maximum atomic E-state index is 13.2. The van der Waals surface area contributed by atoms with Crippen LogP contribution in [0, 0.1) is 0 Å². The Bertz CT molecular complexity index is 589. The first-order valence-electron chi connectivity index (χ1n) is 5.96. The summed E-state index contributed by atoms with van der Waals surface area (Å²) in [5, 5.41) is 2.07. The molecule has 1 aliphatic heterocycles. The molecule has 2 atom stereocenters. The van der Waals surface area contributed by atoms with Crippen LogP contribution in [0.25, 0.3) is 0 Å². The highest BCUT2D eigenvalue weighted by molar-refractivity contribution is 7.79. The molecule has 2 aromatic carbocycles. The Morgan fingerprint density at radius 3 is 2.41 bits per heavy atom. The fourth-order valence-corrected chi connectivity index (χ4v) is 6.08. The van der Waals surface area contributed by atoms with Gasteiger partial charge in [-0.1, -0.05) is 61.5 Å². The van der Waals surface area contributed by atoms with Gasteiger partial charge in [0.25, 0.3) is 0 Å². The molecule has 0 saturated heterocycles. The van der Waals surface area contributed by atoms with Crippen LogP contribution in [0.15, 0.2) is 54.6 Å². The molecule has 3 rings (SSSR count). The van der Waals surface area contributed by atoms with E-state index in [4.69, 9.17) is 0 Å². The minimum atomic E-state index is -2.37. The summed E-state index contributed by atoms with van der Waals surface area (Å²) in [6.45, 7) is 2.17. The first-order chi connectivity index (χ1) is 8.22. The van der Waals surface area contributed by atoms with Crippen molar-refractivity contribution in [2.24, 2.45) is 0 Å². The molecule has 2 aromatic rings. The lowest BCUT2D eigenvalue weighted by atomic mass is 10.0. The summed E-state index contributed by atoms with van der Waals surface area (Å²) < 4.78 is 13.2. The normalized spacial score (nSPS) is 26.8. The second kappa shape index (κ2) is 3.85. The van der Waals surface area contributed by atoms with Gasteiger partial charge in [-0.2, -0.15) is 0 Å². The molecule has 2 heteroatoms. The van der Waals surface area contributed by atoms with Crippen LogP contribution >= 0.6 is 7.14 Å². The van der Waals surface area contributed by atoms with Gasteiger partial charge in [-0.05, 0) is 11.5 Å². The first kappa shape index (κ1) is 10.8. The van der Waals surface area contributed by atoms with Gasteiger partial charge in [-0.25, -0.2) is 0 Å². The van der Waals surface area contributed by atoms with Gasteiger partial charge >= 0.3 is 0 Å². The van der Waals surface area contributed by atoms with Crippen molar-refractivity contribution in [1.82, 2.24) is 0 Å². The average Bonchev–Trinajstić information content (AvgIpc) is 2.65. The SMILES string of the molecule is C[C@@H]1C[P@](=O)(c2ccccc2)c2ccccc21. The highest BCUT2D eigenvalue weighted by Crippen LogP contribution is 2.53. The molecule has 0 N–H and O–H groups in total. The summed E-state index contributed by atoms with van der Waals surface area (Å²) in [7, 11) is -2.37. The summed E-state index contributed by atoms with van der Waals surface area (Å²) in [6.07, 6.45) is 0.774. The quantitative estimate of drug-likeness (QED) is 0.702. The number of rotatable bonds is 1. The predicted octanol–water partition coefficient (Wildman–Crippen LogP) is 3.12. The van der Waals surface area contributed by atoms with Crippen LogP contribution in [-0.2, 0) is 4.57 Å². The van der Waals surface area contributed by atoms with Crippen molar-refractivity contribution in [3.05, 3.63) is 60.2 Å². The zero-order valence-electron chi connectivity index (χ0n) is 9.84. The fourth-order valence-electron chi connectivity index (χ4n) is 2.73. The molecular formula is C15H15OP. The van der Waals surface area contributed by atoms with Gasteiger partial charge in [0.1, 0.15) is 7.14 Å². The van der Waals surface area contributed by atoms with E-state index in [-0.39, 0.29) is 0 Å². The maximum Gasteiger partial charge on any atom is 0.144 e. The molecule has 0 radical (unpaired) electrons.